The zero-order chi connectivity index (χ0) is 14.6. The summed E-state index contributed by atoms with van der Waals surface area (Å²) in [5.41, 5.74) is 1.40. The zero-order valence-corrected chi connectivity index (χ0v) is 12.3. The lowest BCUT2D eigenvalue weighted by Crippen LogP contribution is -2.40. The Morgan fingerprint density at radius 1 is 1.40 bits per heavy atom. The second kappa shape index (κ2) is 6.25. The van der Waals surface area contributed by atoms with Gasteiger partial charge in [-0.25, -0.2) is 0 Å². The van der Waals surface area contributed by atoms with Crippen LogP contribution < -0.4 is 4.68 Å². The van der Waals surface area contributed by atoms with Crippen molar-refractivity contribution in [3.63, 3.8) is 0 Å². The van der Waals surface area contributed by atoms with E-state index in [1.54, 1.807) is 36.8 Å². The Morgan fingerprint density at radius 3 is 2.80 bits per heavy atom. The molecule has 0 aliphatic heterocycles. The minimum absolute atomic E-state index is 0.134. The van der Waals surface area contributed by atoms with Crippen molar-refractivity contribution < 1.29 is 17.3 Å². The van der Waals surface area contributed by atoms with Gasteiger partial charge in [0.05, 0.1) is 17.8 Å². The average Bonchev–Trinajstić information content (AvgIpc) is 2.46. The van der Waals surface area contributed by atoms with E-state index in [1.165, 1.54) is 4.68 Å². The van der Waals surface area contributed by atoms with Gasteiger partial charge in [0, 0.05) is 17.8 Å². The van der Waals surface area contributed by atoms with Crippen LogP contribution in [0.2, 0.25) is 5.02 Å². The van der Waals surface area contributed by atoms with Crippen LogP contribution >= 0.6 is 11.6 Å². The van der Waals surface area contributed by atoms with Gasteiger partial charge in [-0.15, -0.1) is 0 Å². The highest BCUT2D eigenvalue weighted by Gasteiger charge is 2.14. The fraction of sp³-hybridized carbons (Fsp3) is 0.250. The quantitative estimate of drug-likeness (QED) is 0.609. The normalized spacial score (nSPS) is 11.5. The summed E-state index contributed by atoms with van der Waals surface area (Å²) in [5, 5.41) is 4.67. The summed E-state index contributed by atoms with van der Waals surface area (Å²) < 4.78 is 28.3. The molecule has 20 heavy (non-hydrogen) atoms. The Labute approximate surface area is 122 Å². The molecule has 2 aromatic heterocycles. The highest BCUT2D eigenvalue weighted by atomic mass is 35.5. The van der Waals surface area contributed by atoms with E-state index < -0.39 is 10.1 Å². The first kappa shape index (κ1) is 14.8. The summed E-state index contributed by atoms with van der Waals surface area (Å²) in [6.07, 6.45) is 4.91. The average molecular weight is 315 g/mol. The maximum absolute atomic E-state index is 11.2. The van der Waals surface area contributed by atoms with Gasteiger partial charge in [0.1, 0.15) is 11.9 Å². The summed E-state index contributed by atoms with van der Waals surface area (Å²) in [4.78, 5) is 4.18. The molecule has 0 bridgehead atoms. The monoisotopic (exact) mass is 314 g/mol. The molecule has 0 aliphatic rings. The predicted molar refractivity (Wildman–Crippen MR) is 73.5 cm³/mol. The van der Waals surface area contributed by atoms with Crippen molar-refractivity contribution in [1.29, 1.82) is 0 Å². The first-order chi connectivity index (χ1) is 9.52. The van der Waals surface area contributed by atoms with E-state index in [2.05, 4.69) is 14.3 Å². The Kier molecular flexibility index (Phi) is 4.64. The van der Waals surface area contributed by atoms with Crippen molar-refractivity contribution in [2.24, 2.45) is 0 Å². The third-order valence-electron chi connectivity index (χ3n) is 2.63. The molecule has 0 saturated heterocycles. The first-order valence-corrected chi connectivity index (χ1v) is 7.72. The Hall–Kier alpha value is -1.57. The van der Waals surface area contributed by atoms with E-state index in [4.69, 9.17) is 11.6 Å². The molecule has 0 spiro atoms. The molecule has 0 aliphatic carbocycles. The van der Waals surface area contributed by atoms with Crippen molar-refractivity contribution >= 4 is 21.7 Å². The molecule has 0 radical (unpaired) electrons. The van der Waals surface area contributed by atoms with E-state index in [0.29, 0.717) is 10.7 Å². The lowest BCUT2D eigenvalue weighted by molar-refractivity contribution is -0.750. The lowest BCUT2D eigenvalue weighted by atomic mass is 10.2. The molecule has 2 heterocycles. The first-order valence-electron chi connectivity index (χ1n) is 5.77. The van der Waals surface area contributed by atoms with Crippen LogP contribution in [0.25, 0.3) is 11.3 Å². The smallest absolute Gasteiger partial charge is 0.273 e. The second-order valence-electron chi connectivity index (χ2n) is 3.94. The van der Waals surface area contributed by atoms with Crippen LogP contribution in [0.4, 0.5) is 0 Å². The number of hydrogen-bond acceptors (Lipinski definition) is 5. The standard InChI is InChI=1S/C12H13ClN3O3S/c1-19-20(17,18)8-7-16-6-4-10(9-15-16)12-11(13)3-2-5-14-12/h2-6,9H,7-8H2,1H3/q+1. The number of halogens is 1. The number of nitrogens with zero attached hydrogens (tertiary/aromatic N) is 3. The largest absolute Gasteiger partial charge is 0.273 e. The number of aromatic nitrogens is 3. The second-order valence-corrected chi connectivity index (χ2v) is 6.21. The highest BCUT2D eigenvalue weighted by molar-refractivity contribution is 7.86. The van der Waals surface area contributed by atoms with Crippen LogP contribution in [-0.4, -0.2) is 31.4 Å². The minimum atomic E-state index is -3.48. The lowest BCUT2D eigenvalue weighted by Gasteiger charge is -2.01. The van der Waals surface area contributed by atoms with Gasteiger partial charge >= 0.3 is 0 Å². The van der Waals surface area contributed by atoms with Gasteiger partial charge in [-0.2, -0.15) is 8.42 Å². The molecule has 0 N–H and O–H groups in total. The van der Waals surface area contributed by atoms with E-state index in [1.807, 2.05) is 0 Å². The van der Waals surface area contributed by atoms with Gasteiger partial charge in [0.15, 0.2) is 12.7 Å². The van der Waals surface area contributed by atoms with Gasteiger partial charge in [-0.05, 0) is 17.2 Å². The molecule has 0 unspecified atom stereocenters. The van der Waals surface area contributed by atoms with E-state index >= 15 is 0 Å². The predicted octanol–water partition coefficient (Wildman–Crippen LogP) is 1.06. The minimum Gasteiger partial charge on any atom is -0.273 e. The molecule has 6 nitrogen and oxygen atoms in total. The maximum atomic E-state index is 11.2. The molecule has 8 heteroatoms. The number of hydrogen-bond donors (Lipinski definition) is 0. The van der Waals surface area contributed by atoms with Gasteiger partial charge < -0.3 is 0 Å². The van der Waals surface area contributed by atoms with Crippen LogP contribution in [0.1, 0.15) is 0 Å². The van der Waals surface area contributed by atoms with Crippen LogP contribution in [0, 0.1) is 0 Å². The third-order valence-corrected chi connectivity index (χ3v) is 4.12. The van der Waals surface area contributed by atoms with Gasteiger partial charge in [0.2, 0.25) is 0 Å². The summed E-state index contributed by atoms with van der Waals surface area (Å²) in [6.45, 7) is 0.215. The van der Waals surface area contributed by atoms with Crippen molar-refractivity contribution in [3.05, 3.63) is 41.8 Å². The van der Waals surface area contributed by atoms with Gasteiger partial charge in [-0.3, -0.25) is 9.17 Å². The molecule has 0 fully saturated rings. The number of pyridine rings is 1. The number of rotatable bonds is 5. The third kappa shape index (κ3) is 3.72. The Morgan fingerprint density at radius 2 is 2.20 bits per heavy atom. The van der Waals surface area contributed by atoms with Crippen molar-refractivity contribution in [2.45, 2.75) is 6.54 Å². The molecule has 0 atom stereocenters. The van der Waals surface area contributed by atoms with Gasteiger partial charge in [-0.1, -0.05) is 16.3 Å². The molecule has 0 aromatic carbocycles. The Bertz CT molecular complexity index is 689. The van der Waals surface area contributed by atoms with E-state index in [9.17, 15) is 8.42 Å². The molecule has 0 saturated carbocycles. The van der Waals surface area contributed by atoms with Crippen LogP contribution in [-0.2, 0) is 20.8 Å². The molecular formula is C12H13ClN3O3S+. The van der Waals surface area contributed by atoms with Crippen LogP contribution in [0.3, 0.4) is 0 Å². The van der Waals surface area contributed by atoms with Crippen LogP contribution in [0.15, 0.2) is 36.8 Å². The Balaban J connectivity index is 2.13. The van der Waals surface area contributed by atoms with E-state index in [0.717, 1.165) is 12.7 Å². The summed E-state index contributed by atoms with van der Waals surface area (Å²) >= 11 is 6.05. The fourth-order valence-electron chi connectivity index (χ4n) is 1.54. The molecule has 2 rings (SSSR count). The summed E-state index contributed by atoms with van der Waals surface area (Å²) in [7, 11) is -2.34. The summed E-state index contributed by atoms with van der Waals surface area (Å²) in [6, 6.07) is 5.27. The van der Waals surface area contributed by atoms with Gasteiger partial charge in [0.25, 0.3) is 10.1 Å². The zero-order valence-electron chi connectivity index (χ0n) is 10.7. The molecular weight excluding hydrogens is 302 g/mol. The maximum Gasteiger partial charge on any atom is 0.273 e. The summed E-state index contributed by atoms with van der Waals surface area (Å²) in [5.74, 6) is -0.134. The molecule has 0 amide bonds. The number of aryl methyl sites for hydroxylation is 1. The van der Waals surface area contributed by atoms with Crippen molar-refractivity contribution in [2.75, 3.05) is 12.9 Å². The van der Waals surface area contributed by atoms with E-state index in [-0.39, 0.29) is 12.3 Å². The van der Waals surface area contributed by atoms with Crippen molar-refractivity contribution in [3.8, 4) is 11.3 Å². The molecule has 2 aromatic rings. The molecule has 106 valence electrons. The van der Waals surface area contributed by atoms with Crippen LogP contribution in [0.5, 0.6) is 0 Å². The fourth-order valence-corrected chi connectivity index (χ4v) is 2.35. The van der Waals surface area contributed by atoms with Crippen molar-refractivity contribution in [1.82, 2.24) is 10.1 Å². The highest BCUT2D eigenvalue weighted by Crippen LogP contribution is 2.23. The SMILES string of the molecule is COS(=O)(=O)CC[n+]1ccc(-c2ncccc2Cl)cn1. The topological polar surface area (TPSA) is 73.0 Å².